The molecule has 0 aliphatic carbocycles. The van der Waals surface area contributed by atoms with Crippen molar-refractivity contribution in [1.29, 1.82) is 5.26 Å². The molecular weight excluding hydrogens is 668 g/mol. The zero-order chi connectivity index (χ0) is 38.7. The number of cyclic esters (lactones) is 1. The first-order chi connectivity index (χ1) is 24.4. The van der Waals surface area contributed by atoms with Crippen molar-refractivity contribution in [2.45, 2.75) is 135 Å². The molecule has 4 rings (SSSR count). The third kappa shape index (κ3) is 8.54. The number of methoxy groups -OCH3 is 1. The van der Waals surface area contributed by atoms with E-state index in [-0.39, 0.29) is 30.9 Å². The lowest BCUT2D eigenvalue weighted by Crippen LogP contribution is -2.60. The quantitative estimate of drug-likeness (QED) is 0.362. The van der Waals surface area contributed by atoms with E-state index in [4.69, 9.17) is 23.7 Å². The Morgan fingerprint density at radius 3 is 2.35 bits per heavy atom. The minimum absolute atomic E-state index is 0.144. The summed E-state index contributed by atoms with van der Waals surface area (Å²) in [7, 11) is 5.36. The molecule has 2 fully saturated rings. The summed E-state index contributed by atoms with van der Waals surface area (Å²) < 4.78 is 31.2. The van der Waals surface area contributed by atoms with Crippen LogP contribution < -0.4 is 5.43 Å². The highest BCUT2D eigenvalue weighted by Crippen LogP contribution is 2.42. The van der Waals surface area contributed by atoms with Crippen molar-refractivity contribution in [1.82, 2.24) is 15.3 Å². The summed E-state index contributed by atoms with van der Waals surface area (Å²) in [5.41, 5.74) is 2.31. The Bertz CT molecular complexity index is 1510. The molecule has 13 heteroatoms. The Morgan fingerprint density at radius 1 is 1.12 bits per heavy atom. The Hall–Kier alpha value is -3.38. The highest BCUT2D eigenvalue weighted by Gasteiger charge is 2.60. The molecule has 1 aromatic rings. The number of esters is 1. The van der Waals surface area contributed by atoms with Crippen LogP contribution in [0.1, 0.15) is 85.8 Å². The molecule has 12 atom stereocenters. The number of fused-ring (bicyclic) bond motifs is 1. The first-order valence-corrected chi connectivity index (χ1v) is 18.3. The number of amides is 1. The molecule has 0 radical (unpaired) electrons. The van der Waals surface area contributed by atoms with E-state index in [1.165, 1.54) is 5.01 Å². The van der Waals surface area contributed by atoms with E-state index in [1.807, 2.05) is 53.6 Å². The summed E-state index contributed by atoms with van der Waals surface area (Å²) in [4.78, 5) is 44.0. The van der Waals surface area contributed by atoms with Gasteiger partial charge in [0, 0.05) is 43.0 Å². The van der Waals surface area contributed by atoms with Gasteiger partial charge in [0.15, 0.2) is 11.9 Å². The van der Waals surface area contributed by atoms with Gasteiger partial charge in [-0.05, 0) is 78.7 Å². The summed E-state index contributed by atoms with van der Waals surface area (Å²) in [5.74, 6) is -2.57. The molecule has 288 valence electrons. The lowest BCUT2D eigenvalue weighted by atomic mass is 9.74. The predicted octanol–water partition coefficient (Wildman–Crippen LogP) is 4.51. The zero-order valence-electron chi connectivity index (χ0n) is 32.5. The van der Waals surface area contributed by atoms with Crippen LogP contribution in [0.3, 0.4) is 0 Å². The number of aliphatic hydroxyl groups excluding tert-OH is 1. The number of nitrogens with one attached hydrogen (secondary N) is 1. The van der Waals surface area contributed by atoms with Crippen molar-refractivity contribution in [3.63, 3.8) is 0 Å². The average molecular weight is 727 g/mol. The second-order valence-electron chi connectivity index (χ2n) is 15.5. The first kappa shape index (κ1) is 41.4. The topological polar surface area (TPSA) is 160 Å². The molecule has 13 nitrogen and oxygen atoms in total. The van der Waals surface area contributed by atoms with E-state index < -0.39 is 71.7 Å². The lowest BCUT2D eigenvalue weighted by Gasteiger charge is -2.46. The van der Waals surface area contributed by atoms with Crippen molar-refractivity contribution < 1.29 is 43.2 Å². The van der Waals surface area contributed by atoms with Crippen LogP contribution in [0.4, 0.5) is 4.79 Å². The molecular formula is C39H58N4O9. The van der Waals surface area contributed by atoms with Gasteiger partial charge in [0.1, 0.15) is 24.0 Å². The first-order valence-electron chi connectivity index (χ1n) is 18.3. The fourth-order valence-electron chi connectivity index (χ4n) is 8.31. The summed E-state index contributed by atoms with van der Waals surface area (Å²) in [6.45, 7) is 14.7. The van der Waals surface area contributed by atoms with Gasteiger partial charge >= 0.3 is 12.1 Å². The van der Waals surface area contributed by atoms with Gasteiger partial charge in [-0.3, -0.25) is 4.79 Å². The molecule has 0 saturated carbocycles. The molecule has 2 saturated heterocycles. The molecule has 1 unspecified atom stereocenters. The summed E-state index contributed by atoms with van der Waals surface area (Å²) in [5, 5.41) is 21.9. The van der Waals surface area contributed by atoms with E-state index >= 15 is 0 Å². The van der Waals surface area contributed by atoms with E-state index in [1.54, 1.807) is 58.2 Å². The number of aliphatic hydroxyl groups is 1. The number of rotatable bonds is 8. The molecule has 1 aromatic carbocycles. The third-order valence-electron chi connectivity index (χ3n) is 11.2. The Labute approximate surface area is 308 Å². The van der Waals surface area contributed by atoms with E-state index in [9.17, 15) is 24.8 Å². The largest absolute Gasteiger partial charge is 0.455 e. The average Bonchev–Trinajstić information content (AvgIpc) is 3.37. The van der Waals surface area contributed by atoms with Gasteiger partial charge in [0.25, 0.3) is 0 Å². The smallest absolute Gasteiger partial charge is 0.425 e. The SMILES string of the molecule is CCC1OC(=O)/C(C)=C/[C@H](C)[C@@H](O[C@@H]2O[C@H](C)C[C@H](N(C)C)[C@H]2O)[C@](C)(OC)C[C@@H](C)C(=O)[C@H](C)[C@H]2N(NCc3ccc(C#N)cc3)C(=O)O[C@]12C. The highest BCUT2D eigenvalue weighted by atomic mass is 16.7. The summed E-state index contributed by atoms with van der Waals surface area (Å²) in [6.07, 6.45) is -1.60. The van der Waals surface area contributed by atoms with E-state index in [0.29, 0.717) is 24.0 Å². The Kier molecular flexibility index (Phi) is 13.3. The molecule has 3 aliphatic heterocycles. The van der Waals surface area contributed by atoms with E-state index in [0.717, 1.165) is 5.56 Å². The number of carbonyl (C=O) groups is 3. The number of hydrazine groups is 1. The zero-order valence-corrected chi connectivity index (χ0v) is 32.5. The Balaban J connectivity index is 1.75. The maximum absolute atomic E-state index is 14.6. The number of ether oxygens (including phenoxy) is 5. The molecule has 0 spiro atoms. The van der Waals surface area contributed by atoms with Gasteiger partial charge in [-0.2, -0.15) is 5.26 Å². The summed E-state index contributed by atoms with van der Waals surface area (Å²) in [6, 6.07) is 7.96. The molecule has 0 bridgehead atoms. The number of carbonyl (C=O) groups excluding carboxylic acids is 3. The van der Waals surface area contributed by atoms with Crippen molar-refractivity contribution in [3.8, 4) is 6.07 Å². The summed E-state index contributed by atoms with van der Waals surface area (Å²) >= 11 is 0. The van der Waals surface area contributed by atoms with Crippen LogP contribution in [0.25, 0.3) is 0 Å². The lowest BCUT2D eigenvalue weighted by molar-refractivity contribution is -0.294. The number of hydrogen-bond acceptors (Lipinski definition) is 12. The van der Waals surface area contributed by atoms with Gasteiger partial charge in [-0.1, -0.05) is 45.9 Å². The highest BCUT2D eigenvalue weighted by molar-refractivity contribution is 5.88. The van der Waals surface area contributed by atoms with Crippen LogP contribution in [0.2, 0.25) is 0 Å². The molecule has 0 aromatic heterocycles. The molecule has 3 heterocycles. The number of nitriles is 1. The standard InChI is InChI=1S/C39H58N4O9/c1-12-30-39(8)33(43(37(47)52-39)41-21-28-15-13-27(20-40)14-16-28)26(6)31(44)24(4)19-38(7,48-11)34(22(2)17-23(3)35(46)50-30)51-36-32(45)29(42(9)10)18-25(5)49-36/h13-17,22,24-26,29-30,32-34,36,41,45H,12,18-19,21H2,1-11H3/b23-17+/t22-,24+,25+,26-,29-,30?,32+,33+,34+,36-,38+,39+/m0/s1. The maximum Gasteiger partial charge on any atom is 0.425 e. The molecule has 1 amide bonds. The van der Waals surface area contributed by atoms with Crippen molar-refractivity contribution in [2.24, 2.45) is 17.8 Å². The third-order valence-corrected chi connectivity index (χ3v) is 11.2. The van der Waals surface area contributed by atoms with Crippen LogP contribution in [0, 0.1) is 29.1 Å². The van der Waals surface area contributed by atoms with Gasteiger partial charge in [0.2, 0.25) is 0 Å². The second-order valence-corrected chi connectivity index (χ2v) is 15.5. The number of hydrogen-bond donors (Lipinski definition) is 2. The van der Waals surface area contributed by atoms with Crippen molar-refractivity contribution >= 4 is 17.8 Å². The van der Waals surface area contributed by atoms with Gasteiger partial charge in [-0.15, -0.1) is 0 Å². The van der Waals surface area contributed by atoms with Crippen molar-refractivity contribution in [3.05, 3.63) is 47.0 Å². The normalized spacial score (nSPS) is 38.8. The van der Waals surface area contributed by atoms with Crippen LogP contribution in [-0.4, -0.2) is 108 Å². The van der Waals surface area contributed by atoms with Crippen LogP contribution in [0.15, 0.2) is 35.9 Å². The fraction of sp³-hybridized carbons (Fsp3) is 0.692. The Morgan fingerprint density at radius 2 is 1.77 bits per heavy atom. The van der Waals surface area contributed by atoms with Crippen LogP contribution >= 0.6 is 0 Å². The number of benzene rings is 1. The maximum atomic E-state index is 14.6. The molecule has 2 N–H and O–H groups in total. The predicted molar refractivity (Wildman–Crippen MR) is 192 cm³/mol. The van der Waals surface area contributed by atoms with E-state index in [2.05, 4.69) is 11.5 Å². The van der Waals surface area contributed by atoms with Crippen LogP contribution in [-0.2, 0) is 39.8 Å². The molecule has 3 aliphatic rings. The number of Topliss-reactive ketones (excluding diaryl/α,β-unsaturated/α-hetero) is 1. The fourth-order valence-corrected chi connectivity index (χ4v) is 8.31. The van der Waals surface area contributed by atoms with Gasteiger partial charge in [-0.25, -0.2) is 20.0 Å². The van der Waals surface area contributed by atoms with Gasteiger partial charge in [0.05, 0.1) is 29.4 Å². The van der Waals surface area contributed by atoms with Crippen molar-refractivity contribution in [2.75, 3.05) is 21.2 Å². The van der Waals surface area contributed by atoms with Gasteiger partial charge < -0.3 is 33.7 Å². The number of ketones is 1. The number of likely N-dealkylation sites (N-methyl/N-ethyl adjacent to an activating group) is 1. The minimum atomic E-state index is -1.39. The van der Waals surface area contributed by atoms with Crippen LogP contribution in [0.5, 0.6) is 0 Å². The second kappa shape index (κ2) is 16.7. The minimum Gasteiger partial charge on any atom is -0.455 e. The number of nitrogens with zero attached hydrogens (tertiary/aromatic N) is 3. The molecule has 52 heavy (non-hydrogen) atoms. The monoisotopic (exact) mass is 726 g/mol.